The van der Waals surface area contributed by atoms with Crippen LogP contribution in [-0.4, -0.2) is 24.6 Å². The van der Waals surface area contributed by atoms with Crippen molar-refractivity contribution in [3.63, 3.8) is 0 Å². The summed E-state index contributed by atoms with van der Waals surface area (Å²) >= 11 is 6.20. The Morgan fingerprint density at radius 3 is 2.67 bits per heavy atom. The van der Waals surface area contributed by atoms with Gasteiger partial charge in [0.2, 0.25) is 0 Å². The van der Waals surface area contributed by atoms with Crippen LogP contribution in [0.3, 0.4) is 0 Å². The maximum atomic E-state index is 12.3. The Balaban J connectivity index is 2.21. The van der Waals surface area contributed by atoms with E-state index in [2.05, 4.69) is 5.32 Å². The Labute approximate surface area is 129 Å². The summed E-state index contributed by atoms with van der Waals surface area (Å²) in [6.07, 6.45) is 1.75. The van der Waals surface area contributed by atoms with E-state index in [1.807, 2.05) is 38.1 Å². The van der Waals surface area contributed by atoms with Gasteiger partial charge in [-0.2, -0.15) is 0 Å². The van der Waals surface area contributed by atoms with Crippen LogP contribution in [0.5, 0.6) is 0 Å². The van der Waals surface area contributed by atoms with Crippen molar-refractivity contribution in [3.8, 4) is 0 Å². The Bertz CT molecular complexity index is 664. The molecule has 21 heavy (non-hydrogen) atoms. The maximum Gasteiger partial charge on any atom is 0.272 e. The number of hydrogen-bond donors (Lipinski definition) is 2. The Morgan fingerprint density at radius 1 is 1.38 bits per heavy atom. The zero-order chi connectivity index (χ0) is 15.6. The molecule has 2 aromatic rings. The number of rotatable bonds is 4. The van der Waals surface area contributed by atoms with E-state index in [-0.39, 0.29) is 5.91 Å². The molecule has 112 valence electrons. The number of hydrogen-bond acceptors (Lipinski definition) is 3. The summed E-state index contributed by atoms with van der Waals surface area (Å²) in [6.45, 7) is 2.64. The van der Waals surface area contributed by atoms with Crippen molar-refractivity contribution in [2.75, 3.05) is 30.0 Å². The van der Waals surface area contributed by atoms with E-state index in [4.69, 9.17) is 17.3 Å². The van der Waals surface area contributed by atoms with E-state index in [9.17, 15) is 4.79 Å². The molecule has 0 spiro atoms. The van der Waals surface area contributed by atoms with Crippen molar-refractivity contribution in [1.29, 1.82) is 0 Å². The van der Waals surface area contributed by atoms with E-state index >= 15 is 0 Å². The summed E-state index contributed by atoms with van der Waals surface area (Å²) < 4.78 is 1.81. The summed E-state index contributed by atoms with van der Waals surface area (Å²) in [5.74, 6) is -0.206. The number of amides is 1. The number of halogens is 1. The maximum absolute atomic E-state index is 12.3. The van der Waals surface area contributed by atoms with Gasteiger partial charge in [-0.05, 0) is 31.2 Å². The third-order valence-electron chi connectivity index (χ3n) is 3.18. The molecule has 0 radical (unpaired) electrons. The van der Waals surface area contributed by atoms with E-state index < -0.39 is 0 Å². The van der Waals surface area contributed by atoms with Gasteiger partial charge >= 0.3 is 0 Å². The number of anilines is 3. The first-order valence-corrected chi connectivity index (χ1v) is 7.04. The van der Waals surface area contributed by atoms with Crippen LogP contribution in [0, 0.1) is 0 Å². The Morgan fingerprint density at radius 2 is 2.10 bits per heavy atom. The number of nitrogens with one attached hydrogen (secondary N) is 1. The van der Waals surface area contributed by atoms with Crippen LogP contribution < -0.4 is 16.0 Å². The number of nitrogens with zero attached hydrogens (tertiary/aromatic N) is 2. The molecule has 1 aromatic heterocycles. The van der Waals surface area contributed by atoms with Gasteiger partial charge in [-0.25, -0.2) is 0 Å². The molecular formula is C15H19ClN4O. The van der Waals surface area contributed by atoms with Crippen LogP contribution in [-0.2, 0) is 6.54 Å². The van der Waals surface area contributed by atoms with Crippen molar-refractivity contribution >= 4 is 34.6 Å². The number of aryl methyl sites for hydroxylation is 1. The molecule has 0 atom stereocenters. The fourth-order valence-electron chi connectivity index (χ4n) is 2.13. The summed E-state index contributed by atoms with van der Waals surface area (Å²) in [5.41, 5.74) is 8.39. The van der Waals surface area contributed by atoms with Crippen LogP contribution in [0.15, 0.2) is 30.5 Å². The molecule has 0 saturated carbocycles. The quantitative estimate of drug-likeness (QED) is 0.912. The lowest BCUT2D eigenvalue weighted by atomic mass is 10.2. The summed E-state index contributed by atoms with van der Waals surface area (Å²) in [7, 11) is 3.83. The standard InChI is InChI=1S/C15H19ClN4O/c1-4-20-9-10(17)7-14(20)15(21)18-11-5-6-13(19(2)3)12(16)8-11/h5-9H,4,17H2,1-3H3,(H,18,21). The predicted octanol–water partition coefficient (Wildman–Crippen LogP) is 3.06. The minimum absolute atomic E-state index is 0.206. The second kappa shape index (κ2) is 6.10. The van der Waals surface area contributed by atoms with Crippen LogP contribution in [0.4, 0.5) is 17.1 Å². The minimum atomic E-state index is -0.206. The predicted molar refractivity (Wildman–Crippen MR) is 88.3 cm³/mol. The zero-order valence-corrected chi connectivity index (χ0v) is 13.1. The van der Waals surface area contributed by atoms with Crippen LogP contribution >= 0.6 is 11.6 Å². The number of carbonyl (C=O) groups excluding carboxylic acids is 1. The minimum Gasteiger partial charge on any atom is -0.397 e. The number of aromatic nitrogens is 1. The lowest BCUT2D eigenvalue weighted by Gasteiger charge is -2.15. The van der Waals surface area contributed by atoms with Gasteiger partial charge in [0.25, 0.3) is 5.91 Å². The molecule has 0 unspecified atom stereocenters. The van der Waals surface area contributed by atoms with Gasteiger partial charge in [-0.15, -0.1) is 0 Å². The van der Waals surface area contributed by atoms with Crippen molar-refractivity contribution < 1.29 is 4.79 Å². The second-order valence-electron chi connectivity index (χ2n) is 4.96. The molecule has 2 rings (SSSR count). The number of nitrogen functional groups attached to an aromatic ring is 1. The molecule has 0 bridgehead atoms. The molecule has 6 heteroatoms. The Hall–Kier alpha value is -2.14. The van der Waals surface area contributed by atoms with Gasteiger partial charge in [-0.3, -0.25) is 4.79 Å². The van der Waals surface area contributed by atoms with Crippen LogP contribution in [0.1, 0.15) is 17.4 Å². The fourth-order valence-corrected chi connectivity index (χ4v) is 2.48. The van der Waals surface area contributed by atoms with Gasteiger partial charge in [0.15, 0.2) is 0 Å². The zero-order valence-electron chi connectivity index (χ0n) is 12.4. The van der Waals surface area contributed by atoms with Gasteiger partial charge in [0.05, 0.1) is 16.4 Å². The molecule has 5 nitrogen and oxygen atoms in total. The molecule has 0 aliphatic carbocycles. The number of nitrogens with two attached hydrogens (primary N) is 1. The van der Waals surface area contributed by atoms with Crippen LogP contribution in [0.25, 0.3) is 0 Å². The van der Waals surface area contributed by atoms with Crippen LogP contribution in [0.2, 0.25) is 5.02 Å². The highest BCUT2D eigenvalue weighted by atomic mass is 35.5. The van der Waals surface area contributed by atoms with Gasteiger partial charge in [0.1, 0.15) is 5.69 Å². The lowest BCUT2D eigenvalue weighted by molar-refractivity contribution is 0.101. The molecule has 1 heterocycles. The Kier molecular flexibility index (Phi) is 4.43. The average Bonchev–Trinajstić information content (AvgIpc) is 2.79. The highest BCUT2D eigenvalue weighted by molar-refractivity contribution is 6.33. The normalized spacial score (nSPS) is 10.5. The van der Waals surface area contributed by atoms with Gasteiger partial charge < -0.3 is 20.5 Å². The fraction of sp³-hybridized carbons (Fsp3) is 0.267. The van der Waals surface area contributed by atoms with E-state index in [1.54, 1.807) is 22.9 Å². The summed E-state index contributed by atoms with van der Waals surface area (Å²) in [5, 5.41) is 3.42. The van der Waals surface area contributed by atoms with Crippen molar-refractivity contribution in [2.45, 2.75) is 13.5 Å². The number of carbonyl (C=O) groups is 1. The molecule has 3 N–H and O–H groups in total. The second-order valence-corrected chi connectivity index (χ2v) is 5.37. The average molecular weight is 307 g/mol. The molecule has 0 fully saturated rings. The van der Waals surface area contributed by atoms with Crippen molar-refractivity contribution in [2.24, 2.45) is 0 Å². The number of benzene rings is 1. The molecular weight excluding hydrogens is 288 g/mol. The summed E-state index contributed by atoms with van der Waals surface area (Å²) in [6, 6.07) is 7.08. The van der Waals surface area contributed by atoms with Gasteiger partial charge in [-0.1, -0.05) is 11.6 Å². The first-order valence-electron chi connectivity index (χ1n) is 6.66. The summed E-state index contributed by atoms with van der Waals surface area (Å²) in [4.78, 5) is 14.2. The largest absolute Gasteiger partial charge is 0.397 e. The van der Waals surface area contributed by atoms with E-state index in [0.29, 0.717) is 28.6 Å². The first-order chi connectivity index (χ1) is 9.92. The van der Waals surface area contributed by atoms with Crippen molar-refractivity contribution in [1.82, 2.24) is 4.57 Å². The molecule has 0 saturated heterocycles. The smallest absolute Gasteiger partial charge is 0.272 e. The third kappa shape index (κ3) is 3.31. The van der Waals surface area contributed by atoms with Gasteiger partial charge in [0, 0.05) is 32.5 Å². The monoisotopic (exact) mass is 306 g/mol. The van der Waals surface area contributed by atoms with E-state index in [1.165, 1.54) is 0 Å². The molecule has 1 amide bonds. The molecule has 1 aromatic carbocycles. The highest BCUT2D eigenvalue weighted by Gasteiger charge is 2.13. The SMILES string of the molecule is CCn1cc(N)cc1C(=O)Nc1ccc(N(C)C)c(Cl)c1. The van der Waals surface area contributed by atoms with E-state index in [0.717, 1.165) is 5.69 Å². The topological polar surface area (TPSA) is 63.3 Å². The third-order valence-corrected chi connectivity index (χ3v) is 3.48. The lowest BCUT2D eigenvalue weighted by Crippen LogP contribution is -2.16. The molecule has 0 aliphatic rings. The highest BCUT2D eigenvalue weighted by Crippen LogP contribution is 2.27. The van der Waals surface area contributed by atoms with Crippen molar-refractivity contribution in [3.05, 3.63) is 41.2 Å². The molecule has 0 aliphatic heterocycles. The first kappa shape index (κ1) is 15.3.